The Morgan fingerprint density at radius 1 is 0.930 bits per heavy atom. The van der Waals surface area contributed by atoms with Crippen LogP contribution < -0.4 is 20.3 Å². The fourth-order valence-corrected chi connectivity index (χ4v) is 8.81. The van der Waals surface area contributed by atoms with Gasteiger partial charge in [0, 0.05) is 69.0 Å². The number of rotatable bonds is 11. The Labute approximate surface area is 328 Å². The lowest BCUT2D eigenvalue weighted by atomic mass is 9.89. The molecular formula is C38H40F3N11O4S. The minimum Gasteiger partial charge on any atom is -0.432 e. The van der Waals surface area contributed by atoms with Crippen molar-refractivity contribution in [1.82, 2.24) is 44.2 Å². The van der Waals surface area contributed by atoms with E-state index in [4.69, 9.17) is 0 Å². The Bertz CT molecular complexity index is 2280. The molecule has 3 saturated heterocycles. The standard InChI is InChI=1S/C38H40F3N11O4S/c1-49-32-16-25(2-4-29(32)35(48-49)52-15-10-33(53)47-38(52)54)24-6-11-50(12-7-24)22-23-18-42-34(43-19-23)30-17-28(3-5-31(30)39)57(55)51-13-8-26(9-14-51)46-37-44-20-27(21-45-37)56-36(40)41/h2-5,16-21,24,26,36H,6-15,22H2,1H3,(H,44,45,46)(H,47,53,54). The van der Waals surface area contributed by atoms with Crippen LogP contribution in [0.5, 0.6) is 5.75 Å². The number of benzene rings is 2. The third-order valence-corrected chi connectivity index (χ3v) is 12.1. The average molecular weight is 804 g/mol. The molecule has 2 aromatic carbocycles. The summed E-state index contributed by atoms with van der Waals surface area (Å²) < 4.78 is 61.3. The minimum absolute atomic E-state index is 0.00755. The number of amides is 3. The second-order valence-corrected chi connectivity index (χ2v) is 15.8. The van der Waals surface area contributed by atoms with Crippen LogP contribution in [0, 0.1) is 5.82 Å². The van der Waals surface area contributed by atoms with Crippen LogP contribution in [0.25, 0.3) is 22.3 Å². The van der Waals surface area contributed by atoms with Gasteiger partial charge in [-0.05, 0) is 80.6 Å². The molecule has 19 heteroatoms. The number of imide groups is 1. The Morgan fingerprint density at radius 2 is 1.67 bits per heavy atom. The third-order valence-electron chi connectivity index (χ3n) is 10.6. The van der Waals surface area contributed by atoms with Gasteiger partial charge in [0.2, 0.25) is 11.9 Å². The monoisotopic (exact) mass is 803 g/mol. The Morgan fingerprint density at radius 3 is 2.37 bits per heavy atom. The Kier molecular flexibility index (Phi) is 11.1. The van der Waals surface area contributed by atoms with Crippen molar-refractivity contribution in [2.75, 3.05) is 42.9 Å². The van der Waals surface area contributed by atoms with Crippen LogP contribution in [0.1, 0.15) is 49.1 Å². The van der Waals surface area contributed by atoms with Crippen molar-refractivity contribution in [2.45, 2.75) is 62.1 Å². The van der Waals surface area contributed by atoms with Gasteiger partial charge in [-0.25, -0.2) is 37.6 Å². The van der Waals surface area contributed by atoms with Gasteiger partial charge in [-0.1, -0.05) is 6.07 Å². The molecule has 0 bridgehead atoms. The number of nitrogens with one attached hydrogen (secondary N) is 2. The van der Waals surface area contributed by atoms with Crippen LogP contribution in [0.2, 0.25) is 0 Å². The smallest absolute Gasteiger partial charge is 0.387 e. The van der Waals surface area contributed by atoms with Gasteiger partial charge in [0.15, 0.2) is 17.4 Å². The molecule has 3 aliphatic rings. The number of aryl methyl sites for hydroxylation is 1. The number of ether oxygens (including phenoxy) is 1. The zero-order valence-electron chi connectivity index (χ0n) is 31.0. The second-order valence-electron chi connectivity index (χ2n) is 14.3. The number of aromatic nitrogens is 6. The topological polar surface area (TPSA) is 164 Å². The lowest BCUT2D eigenvalue weighted by molar-refractivity contribution is -0.120. The van der Waals surface area contributed by atoms with Crippen LogP contribution in [-0.2, 0) is 29.4 Å². The van der Waals surface area contributed by atoms with E-state index >= 15 is 4.39 Å². The van der Waals surface area contributed by atoms with Gasteiger partial charge in [0.1, 0.15) is 16.8 Å². The predicted octanol–water partition coefficient (Wildman–Crippen LogP) is 4.99. The van der Waals surface area contributed by atoms with Gasteiger partial charge in [-0.3, -0.25) is 24.6 Å². The van der Waals surface area contributed by atoms with Crippen molar-refractivity contribution in [3.05, 3.63) is 78.1 Å². The van der Waals surface area contributed by atoms with Gasteiger partial charge in [0.25, 0.3) is 0 Å². The summed E-state index contributed by atoms with van der Waals surface area (Å²) in [5.41, 5.74) is 3.23. The van der Waals surface area contributed by atoms with Crippen LogP contribution >= 0.6 is 0 Å². The van der Waals surface area contributed by atoms with Crippen molar-refractivity contribution in [3.63, 3.8) is 0 Å². The highest BCUT2D eigenvalue weighted by Crippen LogP contribution is 2.34. The number of alkyl halides is 2. The summed E-state index contributed by atoms with van der Waals surface area (Å²) in [6, 6.07) is 10.2. The first kappa shape index (κ1) is 38.3. The molecule has 0 saturated carbocycles. The Hall–Kier alpha value is -5.53. The van der Waals surface area contributed by atoms with E-state index in [1.165, 1.54) is 35.0 Å². The van der Waals surface area contributed by atoms with E-state index in [0.29, 0.717) is 55.7 Å². The molecule has 2 N–H and O–H groups in total. The number of fused-ring (bicyclic) bond motifs is 1. The number of hydrogen-bond donors (Lipinski definition) is 2. The summed E-state index contributed by atoms with van der Waals surface area (Å²) in [4.78, 5) is 45.5. The predicted molar refractivity (Wildman–Crippen MR) is 204 cm³/mol. The number of likely N-dealkylation sites (tertiary alicyclic amines) is 1. The molecule has 298 valence electrons. The number of anilines is 2. The summed E-state index contributed by atoms with van der Waals surface area (Å²) in [5, 5.41) is 11.0. The summed E-state index contributed by atoms with van der Waals surface area (Å²) in [5.74, 6) is 0.489. The third kappa shape index (κ3) is 8.59. The van der Waals surface area contributed by atoms with E-state index < -0.39 is 29.4 Å². The summed E-state index contributed by atoms with van der Waals surface area (Å²) in [6.45, 7) is 0.734. The molecule has 1 unspecified atom stereocenters. The van der Waals surface area contributed by atoms with Crippen LogP contribution in [0.4, 0.5) is 29.7 Å². The molecule has 0 radical (unpaired) electrons. The number of halogens is 3. The highest BCUT2D eigenvalue weighted by Gasteiger charge is 2.29. The number of piperidine rings is 2. The molecule has 3 aliphatic heterocycles. The van der Waals surface area contributed by atoms with E-state index in [1.54, 1.807) is 23.1 Å². The molecule has 5 aromatic rings. The van der Waals surface area contributed by atoms with Crippen molar-refractivity contribution in [2.24, 2.45) is 7.05 Å². The molecule has 0 aliphatic carbocycles. The van der Waals surface area contributed by atoms with Crippen LogP contribution in [-0.4, -0.2) is 100 Å². The molecule has 57 heavy (non-hydrogen) atoms. The van der Waals surface area contributed by atoms with Gasteiger partial charge in [0.05, 0.1) is 28.4 Å². The summed E-state index contributed by atoms with van der Waals surface area (Å²) >= 11 is 0. The van der Waals surface area contributed by atoms with E-state index in [-0.39, 0.29) is 41.5 Å². The minimum atomic E-state index is -2.95. The molecule has 3 fully saturated rings. The van der Waals surface area contributed by atoms with Gasteiger partial charge in [-0.2, -0.15) is 13.9 Å². The normalized spacial score (nSPS) is 18.3. The fraction of sp³-hybridized carbons (Fsp3) is 0.395. The van der Waals surface area contributed by atoms with Crippen LogP contribution in [0.3, 0.4) is 0 Å². The fourth-order valence-electron chi connectivity index (χ4n) is 7.57. The van der Waals surface area contributed by atoms with Crippen molar-refractivity contribution >= 4 is 45.6 Å². The maximum Gasteiger partial charge on any atom is 0.387 e. The number of carbonyl (C=O) groups excluding carboxylic acids is 2. The largest absolute Gasteiger partial charge is 0.432 e. The molecule has 1 atom stereocenters. The van der Waals surface area contributed by atoms with Crippen molar-refractivity contribution < 1.29 is 31.7 Å². The number of carbonyl (C=O) groups is 2. The van der Waals surface area contributed by atoms with E-state index in [1.807, 2.05) is 17.4 Å². The number of nitrogens with zero attached hydrogens (tertiary/aromatic N) is 9. The summed E-state index contributed by atoms with van der Waals surface area (Å²) in [6.07, 6.45) is 9.20. The Balaban J connectivity index is 0.838. The maximum absolute atomic E-state index is 15.1. The van der Waals surface area contributed by atoms with Gasteiger partial charge in [-0.15, -0.1) is 0 Å². The first-order chi connectivity index (χ1) is 27.6. The lowest BCUT2D eigenvalue weighted by Crippen LogP contribution is -2.49. The van der Waals surface area contributed by atoms with Gasteiger partial charge >= 0.3 is 12.6 Å². The highest BCUT2D eigenvalue weighted by atomic mass is 32.2. The molecule has 8 rings (SSSR count). The highest BCUT2D eigenvalue weighted by molar-refractivity contribution is 7.82. The first-order valence-corrected chi connectivity index (χ1v) is 19.8. The van der Waals surface area contributed by atoms with Crippen LogP contribution in [0.15, 0.2) is 66.1 Å². The number of hydrogen-bond acceptors (Lipinski definition) is 11. The van der Waals surface area contributed by atoms with Crippen molar-refractivity contribution in [3.8, 4) is 17.1 Å². The van der Waals surface area contributed by atoms with Gasteiger partial charge < -0.3 is 10.1 Å². The molecule has 6 heterocycles. The zero-order valence-corrected chi connectivity index (χ0v) is 31.8. The van der Waals surface area contributed by atoms with E-state index in [0.717, 1.165) is 42.4 Å². The second kappa shape index (κ2) is 16.5. The van der Waals surface area contributed by atoms with E-state index in [2.05, 4.69) is 57.4 Å². The molecular weight excluding hydrogens is 764 g/mol. The first-order valence-electron chi connectivity index (χ1n) is 18.7. The average Bonchev–Trinajstić information content (AvgIpc) is 3.54. The molecule has 3 aromatic heterocycles. The molecule has 3 amide bonds. The quantitative estimate of drug-likeness (QED) is 0.185. The molecule has 0 spiro atoms. The zero-order chi connectivity index (χ0) is 39.6. The molecule has 15 nitrogen and oxygen atoms in total. The summed E-state index contributed by atoms with van der Waals surface area (Å²) in [7, 11) is 0.315. The van der Waals surface area contributed by atoms with E-state index in [9.17, 15) is 22.6 Å². The maximum atomic E-state index is 15.1. The lowest BCUT2D eigenvalue weighted by Gasteiger charge is -2.32. The SMILES string of the molecule is Cn1nc(N2CCC(=O)NC2=O)c2ccc(C3CCN(Cc4cnc(-c5cc(S(=O)N6CCC(Nc7ncc(OC(F)F)cn7)CC6)ccc5F)nc4)CC3)cc21. The van der Waals surface area contributed by atoms with Crippen molar-refractivity contribution in [1.29, 1.82) is 0 Å². The number of urea groups is 1.